The number of hydrogen-bond donors (Lipinski definition) is 2. The van der Waals surface area contributed by atoms with Crippen LogP contribution in [0, 0.1) is 6.92 Å². The highest BCUT2D eigenvalue weighted by Crippen LogP contribution is 2.18. The van der Waals surface area contributed by atoms with E-state index in [9.17, 15) is 13.5 Å². The number of rotatable bonds is 4. The molecule has 2 N–H and O–H groups in total. The number of aliphatic hydroxyl groups excluding tert-OH is 1. The van der Waals surface area contributed by atoms with Crippen molar-refractivity contribution in [2.75, 3.05) is 20.1 Å². The average molecular weight is 298 g/mol. The number of piperidine rings is 1. The number of nitrogens with zero attached hydrogens (tertiary/aromatic N) is 1. The molecule has 0 aromatic heterocycles. The van der Waals surface area contributed by atoms with Crippen LogP contribution in [0.5, 0.6) is 0 Å². The van der Waals surface area contributed by atoms with E-state index in [1.807, 2.05) is 14.0 Å². The molecule has 0 aliphatic carbocycles. The van der Waals surface area contributed by atoms with Gasteiger partial charge >= 0.3 is 0 Å². The quantitative estimate of drug-likeness (QED) is 0.865. The van der Waals surface area contributed by atoms with E-state index in [4.69, 9.17) is 0 Å². The first-order chi connectivity index (χ1) is 9.42. The van der Waals surface area contributed by atoms with Crippen molar-refractivity contribution >= 4 is 10.0 Å². The standard InChI is InChI=1S/C14H22N2O3S/c1-11-3-4-14(9-12(11)10-17)20(18,19)15-13-5-7-16(2)8-6-13/h3-4,9,13,15,17H,5-8,10H2,1-2H3. The van der Waals surface area contributed by atoms with Crippen LogP contribution in [0.15, 0.2) is 23.1 Å². The van der Waals surface area contributed by atoms with Gasteiger partial charge in [0.05, 0.1) is 11.5 Å². The fourth-order valence-corrected chi connectivity index (χ4v) is 3.75. The predicted molar refractivity (Wildman–Crippen MR) is 77.9 cm³/mol. The highest BCUT2D eigenvalue weighted by Gasteiger charge is 2.23. The zero-order valence-corrected chi connectivity index (χ0v) is 12.8. The Morgan fingerprint density at radius 3 is 2.60 bits per heavy atom. The van der Waals surface area contributed by atoms with E-state index in [1.165, 1.54) is 0 Å². The van der Waals surface area contributed by atoms with Crippen molar-refractivity contribution in [3.8, 4) is 0 Å². The van der Waals surface area contributed by atoms with Crippen LogP contribution in [0.4, 0.5) is 0 Å². The van der Waals surface area contributed by atoms with Gasteiger partial charge in [0, 0.05) is 6.04 Å². The SMILES string of the molecule is Cc1ccc(S(=O)(=O)NC2CCN(C)CC2)cc1CO. The maximum atomic E-state index is 12.4. The predicted octanol–water partition coefficient (Wildman–Crippen LogP) is 0.860. The molecule has 1 aliphatic rings. The Hall–Kier alpha value is -0.950. The van der Waals surface area contributed by atoms with Gasteiger partial charge in [0.15, 0.2) is 0 Å². The molecule has 1 saturated heterocycles. The first-order valence-corrected chi connectivity index (χ1v) is 8.32. The third kappa shape index (κ3) is 3.58. The van der Waals surface area contributed by atoms with Crippen LogP contribution in [0.3, 0.4) is 0 Å². The molecule has 1 heterocycles. The summed E-state index contributed by atoms with van der Waals surface area (Å²) in [6.45, 7) is 3.52. The summed E-state index contributed by atoms with van der Waals surface area (Å²) in [5, 5.41) is 9.24. The monoisotopic (exact) mass is 298 g/mol. The first-order valence-electron chi connectivity index (χ1n) is 6.83. The second-order valence-electron chi connectivity index (χ2n) is 5.45. The number of likely N-dealkylation sites (tertiary alicyclic amines) is 1. The van der Waals surface area contributed by atoms with Crippen LogP contribution in [0.1, 0.15) is 24.0 Å². The van der Waals surface area contributed by atoms with E-state index < -0.39 is 10.0 Å². The smallest absolute Gasteiger partial charge is 0.240 e. The highest BCUT2D eigenvalue weighted by molar-refractivity contribution is 7.89. The Kier molecular flexibility index (Phi) is 4.80. The lowest BCUT2D eigenvalue weighted by Crippen LogP contribution is -2.43. The summed E-state index contributed by atoms with van der Waals surface area (Å²) in [5.41, 5.74) is 1.54. The molecule has 6 heteroatoms. The lowest BCUT2D eigenvalue weighted by Gasteiger charge is -2.29. The van der Waals surface area contributed by atoms with Crippen LogP contribution in [0.25, 0.3) is 0 Å². The van der Waals surface area contributed by atoms with E-state index >= 15 is 0 Å². The van der Waals surface area contributed by atoms with E-state index in [2.05, 4.69) is 9.62 Å². The molecule has 1 fully saturated rings. The largest absolute Gasteiger partial charge is 0.392 e. The minimum atomic E-state index is -3.51. The average Bonchev–Trinajstić information content (AvgIpc) is 2.41. The molecule has 0 unspecified atom stereocenters. The number of sulfonamides is 1. The van der Waals surface area contributed by atoms with Crippen molar-refractivity contribution in [1.82, 2.24) is 9.62 Å². The van der Waals surface area contributed by atoms with Gasteiger partial charge in [-0.1, -0.05) is 6.07 Å². The van der Waals surface area contributed by atoms with Crippen molar-refractivity contribution in [1.29, 1.82) is 0 Å². The number of aliphatic hydroxyl groups is 1. The minimum absolute atomic E-state index is 0.00456. The third-order valence-corrected chi connectivity index (χ3v) is 5.36. The normalized spacial score (nSPS) is 18.4. The summed E-state index contributed by atoms with van der Waals surface area (Å²) in [5.74, 6) is 0. The van der Waals surface area contributed by atoms with Crippen molar-refractivity contribution in [2.45, 2.75) is 37.3 Å². The summed E-state index contributed by atoms with van der Waals surface area (Å²) in [4.78, 5) is 2.42. The molecule has 0 saturated carbocycles. The molecule has 5 nitrogen and oxygen atoms in total. The van der Waals surface area contributed by atoms with E-state index in [0.717, 1.165) is 31.5 Å². The fourth-order valence-electron chi connectivity index (χ4n) is 2.40. The van der Waals surface area contributed by atoms with Crippen LogP contribution in [0.2, 0.25) is 0 Å². The molecule has 0 radical (unpaired) electrons. The van der Waals surface area contributed by atoms with Crippen molar-refractivity contribution in [3.05, 3.63) is 29.3 Å². The molecule has 2 rings (SSSR count). The second kappa shape index (κ2) is 6.22. The summed E-state index contributed by atoms with van der Waals surface area (Å²) >= 11 is 0. The lowest BCUT2D eigenvalue weighted by atomic mass is 10.1. The summed E-state index contributed by atoms with van der Waals surface area (Å²) in [6.07, 6.45) is 1.66. The molecule has 20 heavy (non-hydrogen) atoms. The molecule has 0 atom stereocenters. The lowest BCUT2D eigenvalue weighted by molar-refractivity contribution is 0.248. The number of aryl methyl sites for hydroxylation is 1. The Bertz CT molecular complexity index is 564. The van der Waals surface area contributed by atoms with Gasteiger partial charge in [0.1, 0.15) is 0 Å². The van der Waals surface area contributed by atoms with Crippen LogP contribution < -0.4 is 4.72 Å². The van der Waals surface area contributed by atoms with Crippen LogP contribution in [-0.4, -0.2) is 44.6 Å². The summed E-state index contributed by atoms with van der Waals surface area (Å²) in [7, 11) is -1.47. The molecule has 0 bridgehead atoms. The molecule has 0 spiro atoms. The van der Waals surface area contributed by atoms with Gasteiger partial charge in [0.25, 0.3) is 0 Å². The van der Waals surface area contributed by atoms with Crippen molar-refractivity contribution in [3.63, 3.8) is 0 Å². The maximum absolute atomic E-state index is 12.4. The Morgan fingerprint density at radius 2 is 2.00 bits per heavy atom. The summed E-state index contributed by atoms with van der Waals surface area (Å²) in [6, 6.07) is 4.86. The molecular formula is C14H22N2O3S. The molecule has 0 amide bonds. The topological polar surface area (TPSA) is 69.6 Å². The van der Waals surface area contributed by atoms with Gasteiger partial charge in [-0.25, -0.2) is 13.1 Å². The molecule has 1 aromatic rings. The number of nitrogens with one attached hydrogen (secondary N) is 1. The maximum Gasteiger partial charge on any atom is 0.240 e. The number of benzene rings is 1. The fraction of sp³-hybridized carbons (Fsp3) is 0.571. The van der Waals surface area contributed by atoms with E-state index in [1.54, 1.807) is 18.2 Å². The van der Waals surface area contributed by atoms with Crippen molar-refractivity contribution in [2.24, 2.45) is 0 Å². The summed E-state index contributed by atoms with van der Waals surface area (Å²) < 4.78 is 27.5. The van der Waals surface area contributed by atoms with Gasteiger partial charge < -0.3 is 10.0 Å². The zero-order chi connectivity index (χ0) is 14.8. The molecule has 1 aliphatic heterocycles. The first kappa shape index (κ1) is 15.4. The number of hydrogen-bond acceptors (Lipinski definition) is 4. The molecular weight excluding hydrogens is 276 g/mol. The van der Waals surface area contributed by atoms with Gasteiger partial charge in [-0.05, 0) is 63.2 Å². The van der Waals surface area contributed by atoms with Crippen LogP contribution in [-0.2, 0) is 16.6 Å². The third-order valence-electron chi connectivity index (χ3n) is 3.84. The zero-order valence-electron chi connectivity index (χ0n) is 12.0. The van der Waals surface area contributed by atoms with Gasteiger partial charge in [0.2, 0.25) is 10.0 Å². The molecule has 1 aromatic carbocycles. The second-order valence-corrected chi connectivity index (χ2v) is 7.16. The van der Waals surface area contributed by atoms with E-state index in [0.29, 0.717) is 5.56 Å². The highest BCUT2D eigenvalue weighted by atomic mass is 32.2. The minimum Gasteiger partial charge on any atom is -0.392 e. The van der Waals surface area contributed by atoms with Gasteiger partial charge in [-0.15, -0.1) is 0 Å². The van der Waals surface area contributed by atoms with Gasteiger partial charge in [-0.2, -0.15) is 0 Å². The Morgan fingerprint density at radius 1 is 1.35 bits per heavy atom. The Labute approximate surface area is 120 Å². The Balaban J connectivity index is 2.14. The van der Waals surface area contributed by atoms with Crippen molar-refractivity contribution < 1.29 is 13.5 Å². The van der Waals surface area contributed by atoms with Crippen LogP contribution >= 0.6 is 0 Å². The van der Waals surface area contributed by atoms with Gasteiger partial charge in [-0.3, -0.25) is 0 Å². The molecule has 112 valence electrons. The van der Waals surface area contributed by atoms with E-state index in [-0.39, 0.29) is 17.5 Å².